The number of benzene rings is 2. The number of likely N-dealkylation sites (tertiary alicyclic amines) is 1. The van der Waals surface area contributed by atoms with Crippen LogP contribution in [-0.4, -0.2) is 33.8 Å². The molecule has 2 aromatic heterocycles. The van der Waals surface area contributed by atoms with E-state index in [0.29, 0.717) is 23.0 Å². The van der Waals surface area contributed by atoms with Crippen LogP contribution in [0.4, 0.5) is 5.00 Å². The van der Waals surface area contributed by atoms with E-state index in [1.165, 1.54) is 11.6 Å². The molecule has 2 aromatic carbocycles. The van der Waals surface area contributed by atoms with Crippen LogP contribution in [0, 0.1) is 17.0 Å². The lowest BCUT2D eigenvalue weighted by Gasteiger charge is -2.30. The van der Waals surface area contributed by atoms with Crippen LogP contribution in [-0.2, 0) is 0 Å². The second-order valence-corrected chi connectivity index (χ2v) is 11.1. The van der Waals surface area contributed by atoms with Gasteiger partial charge in [-0.15, -0.1) is 11.3 Å². The molecule has 3 heterocycles. The van der Waals surface area contributed by atoms with E-state index < -0.39 is 4.92 Å². The highest BCUT2D eigenvalue weighted by atomic mass is 35.5. The number of nitrogens with zero attached hydrogens (tertiary/aromatic N) is 3. The molecule has 6 nitrogen and oxygen atoms in total. The van der Waals surface area contributed by atoms with E-state index in [0.717, 1.165) is 50.9 Å². The van der Waals surface area contributed by atoms with Gasteiger partial charge in [-0.2, -0.15) is 0 Å². The molecule has 0 saturated carbocycles. The Balaban J connectivity index is 1.38. The van der Waals surface area contributed by atoms with Crippen LogP contribution >= 0.6 is 34.3 Å². The first-order valence-corrected chi connectivity index (χ1v) is 13.3. The minimum atomic E-state index is -0.458. The fourth-order valence-electron chi connectivity index (χ4n) is 4.24. The van der Waals surface area contributed by atoms with Crippen molar-refractivity contribution in [1.82, 2.24) is 9.88 Å². The van der Waals surface area contributed by atoms with E-state index >= 15 is 0 Å². The van der Waals surface area contributed by atoms with Gasteiger partial charge in [-0.3, -0.25) is 14.9 Å². The van der Waals surface area contributed by atoms with Gasteiger partial charge >= 0.3 is 5.00 Å². The number of rotatable bonds is 5. The summed E-state index contributed by atoms with van der Waals surface area (Å²) in [7, 11) is 0. The molecule has 9 heteroatoms. The number of aryl methyl sites for hydroxylation is 1. The van der Waals surface area contributed by atoms with Gasteiger partial charge in [0, 0.05) is 35.7 Å². The summed E-state index contributed by atoms with van der Waals surface area (Å²) in [6.07, 6.45) is 1.61. The number of carbonyl (C=O) groups excluding carboxylic acids is 1. The largest absolute Gasteiger partial charge is 0.338 e. The predicted molar refractivity (Wildman–Crippen MR) is 142 cm³/mol. The summed E-state index contributed by atoms with van der Waals surface area (Å²) < 4.78 is 0. The third-order valence-corrected chi connectivity index (χ3v) is 8.73. The van der Waals surface area contributed by atoms with Gasteiger partial charge in [-0.1, -0.05) is 64.9 Å². The van der Waals surface area contributed by atoms with E-state index in [2.05, 4.69) is 31.2 Å². The van der Waals surface area contributed by atoms with Crippen molar-refractivity contribution in [2.45, 2.75) is 25.7 Å². The van der Waals surface area contributed by atoms with Crippen LogP contribution in [0.3, 0.4) is 0 Å². The van der Waals surface area contributed by atoms with Crippen molar-refractivity contribution >= 4 is 45.2 Å². The second-order valence-electron chi connectivity index (χ2n) is 8.56. The van der Waals surface area contributed by atoms with E-state index in [4.69, 9.17) is 16.6 Å². The number of thiazole rings is 1. The zero-order chi connectivity index (χ0) is 24.5. The van der Waals surface area contributed by atoms with Crippen molar-refractivity contribution in [3.05, 3.63) is 91.2 Å². The summed E-state index contributed by atoms with van der Waals surface area (Å²) in [4.78, 5) is 31.8. The predicted octanol–water partition coefficient (Wildman–Crippen LogP) is 7.43. The number of piperidine rings is 1. The number of aromatic nitrogens is 1. The van der Waals surface area contributed by atoms with Gasteiger partial charge in [0.1, 0.15) is 0 Å². The molecule has 1 fully saturated rings. The third-order valence-electron chi connectivity index (χ3n) is 6.19. The van der Waals surface area contributed by atoms with Crippen molar-refractivity contribution < 1.29 is 9.72 Å². The Labute approximate surface area is 216 Å². The molecular formula is C26H22ClN3O3S2. The molecule has 0 spiro atoms. The lowest BCUT2D eigenvalue weighted by atomic mass is 9.97. The number of hydrogen-bond acceptors (Lipinski definition) is 6. The summed E-state index contributed by atoms with van der Waals surface area (Å²) in [5.74, 6) is 0.120. The topological polar surface area (TPSA) is 76.3 Å². The SMILES string of the molecule is Cc1ccc(-c2sc(C3CCN(C(=O)c4ccc([N+](=O)[O-])s4)CC3)nc2-c2ccc(Cl)cc2)cc1. The number of nitro groups is 1. The van der Waals surface area contributed by atoms with Crippen LogP contribution in [0.2, 0.25) is 5.02 Å². The standard InChI is InChI=1S/C26H22ClN3O3S2/c1-16-2-4-18(5-3-16)24-23(17-6-8-20(27)9-7-17)28-25(35-24)19-12-14-29(15-13-19)26(31)21-10-11-22(34-21)30(32)33/h2-11,19H,12-15H2,1H3. The lowest BCUT2D eigenvalue weighted by Crippen LogP contribution is -2.37. The third kappa shape index (κ3) is 5.00. The van der Waals surface area contributed by atoms with Crippen molar-refractivity contribution in [1.29, 1.82) is 0 Å². The van der Waals surface area contributed by atoms with E-state index in [9.17, 15) is 14.9 Å². The monoisotopic (exact) mass is 523 g/mol. The molecule has 0 atom stereocenters. The molecule has 1 amide bonds. The first-order chi connectivity index (χ1) is 16.9. The molecule has 4 aromatic rings. The fourth-order valence-corrected chi connectivity index (χ4v) is 6.42. The molecule has 0 unspecified atom stereocenters. The fraction of sp³-hybridized carbons (Fsp3) is 0.231. The smallest absolute Gasteiger partial charge is 0.324 e. The summed E-state index contributed by atoms with van der Waals surface area (Å²) in [6, 6.07) is 19.2. The molecule has 1 aliphatic rings. The highest BCUT2D eigenvalue weighted by Gasteiger charge is 2.29. The van der Waals surface area contributed by atoms with Gasteiger partial charge in [-0.25, -0.2) is 4.98 Å². The second kappa shape index (κ2) is 9.89. The Morgan fingerprint density at radius 1 is 1.00 bits per heavy atom. The maximum absolute atomic E-state index is 12.9. The molecule has 0 radical (unpaired) electrons. The van der Waals surface area contributed by atoms with Crippen LogP contribution in [0.15, 0.2) is 60.7 Å². The Morgan fingerprint density at radius 3 is 2.29 bits per heavy atom. The van der Waals surface area contributed by atoms with E-state index in [1.54, 1.807) is 22.3 Å². The van der Waals surface area contributed by atoms with Crippen LogP contribution in [0.25, 0.3) is 21.7 Å². The van der Waals surface area contributed by atoms with Crippen molar-refractivity contribution in [3.63, 3.8) is 0 Å². The molecule has 5 rings (SSSR count). The number of hydrogen-bond donors (Lipinski definition) is 0. The number of carbonyl (C=O) groups is 1. The average molecular weight is 524 g/mol. The molecule has 1 aliphatic heterocycles. The van der Waals surface area contributed by atoms with Crippen molar-refractivity contribution in [2.24, 2.45) is 0 Å². The molecule has 35 heavy (non-hydrogen) atoms. The van der Waals surface area contributed by atoms with Gasteiger partial charge in [0.05, 0.1) is 25.4 Å². The first kappa shape index (κ1) is 23.7. The van der Waals surface area contributed by atoms with Gasteiger partial charge in [0.25, 0.3) is 5.91 Å². The number of amides is 1. The molecule has 0 aliphatic carbocycles. The Hall–Kier alpha value is -3.07. The van der Waals surface area contributed by atoms with E-state index in [-0.39, 0.29) is 16.8 Å². The summed E-state index contributed by atoms with van der Waals surface area (Å²) in [5.41, 5.74) is 4.32. The molecule has 178 valence electrons. The minimum Gasteiger partial charge on any atom is -0.338 e. The van der Waals surface area contributed by atoms with Crippen molar-refractivity contribution in [3.8, 4) is 21.7 Å². The molecule has 1 saturated heterocycles. The molecular weight excluding hydrogens is 502 g/mol. The minimum absolute atomic E-state index is 0.00983. The summed E-state index contributed by atoms with van der Waals surface area (Å²) >= 11 is 8.77. The van der Waals surface area contributed by atoms with Crippen LogP contribution in [0.5, 0.6) is 0 Å². The maximum atomic E-state index is 12.9. The Kier molecular flexibility index (Phi) is 6.69. The number of thiophene rings is 1. The summed E-state index contributed by atoms with van der Waals surface area (Å²) in [6.45, 7) is 3.28. The van der Waals surface area contributed by atoms with Gasteiger partial charge in [0.2, 0.25) is 0 Å². The zero-order valence-corrected chi connectivity index (χ0v) is 21.3. The first-order valence-electron chi connectivity index (χ1n) is 11.3. The van der Waals surface area contributed by atoms with Gasteiger partial charge in [0.15, 0.2) is 0 Å². The quantitative estimate of drug-likeness (QED) is 0.201. The average Bonchev–Trinajstić information content (AvgIpc) is 3.53. The summed E-state index contributed by atoms with van der Waals surface area (Å²) in [5, 5.41) is 12.7. The van der Waals surface area contributed by atoms with Gasteiger partial charge < -0.3 is 4.90 Å². The number of halogens is 1. The lowest BCUT2D eigenvalue weighted by molar-refractivity contribution is -0.380. The Morgan fingerprint density at radius 2 is 1.66 bits per heavy atom. The molecule has 0 bridgehead atoms. The highest BCUT2D eigenvalue weighted by molar-refractivity contribution is 7.17. The van der Waals surface area contributed by atoms with Crippen LogP contribution in [0.1, 0.15) is 39.0 Å². The zero-order valence-electron chi connectivity index (χ0n) is 18.9. The Bertz CT molecular complexity index is 1310. The van der Waals surface area contributed by atoms with Gasteiger partial charge in [-0.05, 0) is 43.5 Å². The van der Waals surface area contributed by atoms with Crippen LogP contribution < -0.4 is 0 Å². The normalized spacial score (nSPS) is 14.3. The van der Waals surface area contributed by atoms with E-state index in [1.807, 2.05) is 24.3 Å². The maximum Gasteiger partial charge on any atom is 0.324 e. The molecule has 0 N–H and O–H groups in total. The van der Waals surface area contributed by atoms with Crippen molar-refractivity contribution in [2.75, 3.05) is 13.1 Å². The highest BCUT2D eigenvalue weighted by Crippen LogP contribution is 2.42.